The Morgan fingerprint density at radius 1 is 1.16 bits per heavy atom. The molecule has 0 aliphatic carbocycles. The average Bonchev–Trinajstić information content (AvgIpc) is 3.04. The van der Waals surface area contributed by atoms with E-state index < -0.39 is 12.6 Å². The van der Waals surface area contributed by atoms with Gasteiger partial charge in [-0.1, -0.05) is 24.3 Å². The fraction of sp³-hybridized carbons (Fsp3) is 0.375. The first-order valence-electron chi connectivity index (χ1n) is 7.53. The molecule has 0 atom stereocenters. The van der Waals surface area contributed by atoms with Gasteiger partial charge in [-0.25, -0.2) is 0 Å². The molecule has 1 aromatic heterocycles. The summed E-state index contributed by atoms with van der Waals surface area (Å²) in [5.41, 5.74) is 2.12. The maximum Gasteiger partial charge on any atom is 0.390 e. The molecule has 2 aromatic rings. The van der Waals surface area contributed by atoms with Crippen LogP contribution in [-0.2, 0) is 13.1 Å². The van der Waals surface area contributed by atoms with Crippen molar-refractivity contribution in [1.82, 2.24) is 20.4 Å². The minimum atomic E-state index is -4.18. The van der Waals surface area contributed by atoms with Crippen LogP contribution in [0.1, 0.15) is 17.5 Å². The summed E-state index contributed by atoms with van der Waals surface area (Å²) in [5.74, 6) is 0.341. The van der Waals surface area contributed by atoms with Crippen LogP contribution in [0.4, 0.5) is 13.2 Å². The second kappa shape index (κ2) is 10.3. The van der Waals surface area contributed by atoms with Crippen LogP contribution in [0.3, 0.4) is 0 Å². The second-order valence-corrected chi connectivity index (χ2v) is 5.19. The monoisotopic (exact) mass is 467 g/mol. The first-order valence-corrected chi connectivity index (χ1v) is 7.53. The molecule has 0 amide bonds. The Morgan fingerprint density at radius 3 is 2.48 bits per heavy atom. The number of benzene rings is 1. The first-order chi connectivity index (χ1) is 11.5. The van der Waals surface area contributed by atoms with Crippen LogP contribution in [0.25, 0.3) is 0 Å². The van der Waals surface area contributed by atoms with Crippen LogP contribution in [0.2, 0.25) is 0 Å². The lowest BCUT2D eigenvalue weighted by molar-refractivity contribution is -0.132. The molecule has 1 heterocycles. The van der Waals surface area contributed by atoms with Gasteiger partial charge in [0, 0.05) is 32.5 Å². The molecular formula is C16H21F3IN5. The van der Waals surface area contributed by atoms with Gasteiger partial charge < -0.3 is 10.6 Å². The summed E-state index contributed by atoms with van der Waals surface area (Å²) in [5, 5.41) is 9.88. The molecule has 138 valence electrons. The van der Waals surface area contributed by atoms with E-state index in [-0.39, 0.29) is 30.5 Å². The lowest BCUT2D eigenvalue weighted by Gasteiger charge is -2.15. The van der Waals surface area contributed by atoms with E-state index in [2.05, 4.69) is 20.7 Å². The Morgan fingerprint density at radius 2 is 1.88 bits per heavy atom. The summed E-state index contributed by atoms with van der Waals surface area (Å²) in [6, 6.07) is 9.68. The van der Waals surface area contributed by atoms with Crippen molar-refractivity contribution in [2.75, 3.05) is 13.6 Å². The molecule has 0 aliphatic heterocycles. The highest BCUT2D eigenvalue weighted by molar-refractivity contribution is 14.0. The lowest BCUT2D eigenvalue weighted by atomic mass is 10.1. The van der Waals surface area contributed by atoms with Crippen molar-refractivity contribution in [3.63, 3.8) is 0 Å². The van der Waals surface area contributed by atoms with Crippen LogP contribution in [-0.4, -0.2) is 35.5 Å². The summed E-state index contributed by atoms with van der Waals surface area (Å²) >= 11 is 0. The zero-order chi connectivity index (χ0) is 17.4. The summed E-state index contributed by atoms with van der Waals surface area (Å²) in [7, 11) is 1.53. The molecule has 0 saturated carbocycles. The molecule has 0 spiro atoms. The number of nitrogens with one attached hydrogen (secondary N) is 2. The third kappa shape index (κ3) is 7.76. The summed E-state index contributed by atoms with van der Waals surface area (Å²) in [6.07, 6.45) is -1.49. The number of halogens is 4. The van der Waals surface area contributed by atoms with Gasteiger partial charge in [0.25, 0.3) is 0 Å². The number of guanidine groups is 1. The Balaban J connectivity index is 0.00000312. The molecule has 2 N–H and O–H groups in total. The molecule has 2 rings (SSSR count). The molecule has 0 radical (unpaired) electrons. The van der Waals surface area contributed by atoms with E-state index in [0.717, 1.165) is 11.1 Å². The highest BCUT2D eigenvalue weighted by atomic mass is 127. The maximum atomic E-state index is 12.2. The number of aliphatic imine (C=N–C) groups is 1. The smallest absolute Gasteiger partial charge is 0.356 e. The van der Waals surface area contributed by atoms with Gasteiger partial charge in [0.1, 0.15) is 0 Å². The van der Waals surface area contributed by atoms with Gasteiger partial charge >= 0.3 is 6.18 Å². The minimum Gasteiger partial charge on any atom is -0.356 e. The average molecular weight is 467 g/mol. The molecule has 0 aliphatic rings. The fourth-order valence-electron chi connectivity index (χ4n) is 2.17. The van der Waals surface area contributed by atoms with Gasteiger partial charge in [-0.15, -0.1) is 24.0 Å². The van der Waals surface area contributed by atoms with E-state index in [9.17, 15) is 13.2 Å². The largest absolute Gasteiger partial charge is 0.390 e. The van der Waals surface area contributed by atoms with E-state index in [0.29, 0.717) is 19.0 Å². The molecule has 0 bridgehead atoms. The highest BCUT2D eigenvalue weighted by Crippen LogP contribution is 2.18. The predicted octanol–water partition coefficient (Wildman–Crippen LogP) is 3.17. The second-order valence-electron chi connectivity index (χ2n) is 5.19. The van der Waals surface area contributed by atoms with E-state index in [1.165, 1.54) is 7.05 Å². The van der Waals surface area contributed by atoms with Crippen molar-refractivity contribution < 1.29 is 13.2 Å². The van der Waals surface area contributed by atoms with Gasteiger partial charge in [-0.05, 0) is 17.2 Å². The maximum absolute atomic E-state index is 12.2. The van der Waals surface area contributed by atoms with E-state index >= 15 is 0 Å². The summed E-state index contributed by atoms with van der Waals surface area (Å²) < 4.78 is 38.4. The third-order valence-electron chi connectivity index (χ3n) is 3.38. The van der Waals surface area contributed by atoms with Crippen LogP contribution in [0, 0.1) is 0 Å². The molecular weight excluding hydrogens is 446 g/mol. The number of rotatable bonds is 6. The molecule has 25 heavy (non-hydrogen) atoms. The molecule has 0 unspecified atom stereocenters. The zero-order valence-electron chi connectivity index (χ0n) is 13.8. The number of aromatic nitrogens is 2. The van der Waals surface area contributed by atoms with Gasteiger partial charge in [0.05, 0.1) is 13.0 Å². The standard InChI is InChI=1S/C16H20F3N5.HI/c1-20-15(21-9-7-16(17,18)19)22-11-13-5-2-3-6-14(13)12-24-10-4-8-23-24;/h2-6,8,10H,7,9,11-12H2,1H3,(H2,20,21,22);1H. The van der Waals surface area contributed by atoms with Crippen molar-refractivity contribution in [2.24, 2.45) is 4.99 Å². The van der Waals surface area contributed by atoms with Crippen LogP contribution in [0.15, 0.2) is 47.7 Å². The number of nitrogens with zero attached hydrogens (tertiary/aromatic N) is 3. The van der Waals surface area contributed by atoms with Crippen LogP contribution in [0.5, 0.6) is 0 Å². The molecule has 9 heteroatoms. The van der Waals surface area contributed by atoms with Gasteiger partial charge in [-0.2, -0.15) is 18.3 Å². The van der Waals surface area contributed by atoms with Crippen molar-refractivity contribution >= 4 is 29.9 Å². The molecule has 0 saturated heterocycles. The minimum absolute atomic E-state index is 0. The van der Waals surface area contributed by atoms with Crippen molar-refractivity contribution in [3.8, 4) is 0 Å². The quantitative estimate of drug-likeness (QED) is 0.390. The molecule has 1 aromatic carbocycles. The summed E-state index contributed by atoms with van der Waals surface area (Å²) in [6.45, 7) is 0.881. The Hall–Kier alpha value is -1.78. The Labute approximate surface area is 161 Å². The van der Waals surface area contributed by atoms with E-state index in [1.807, 2.05) is 41.2 Å². The fourth-order valence-corrected chi connectivity index (χ4v) is 2.17. The first kappa shape index (κ1) is 21.3. The van der Waals surface area contributed by atoms with Crippen molar-refractivity contribution in [2.45, 2.75) is 25.7 Å². The van der Waals surface area contributed by atoms with Crippen LogP contribution < -0.4 is 10.6 Å². The number of alkyl halides is 3. The zero-order valence-corrected chi connectivity index (χ0v) is 16.1. The van der Waals surface area contributed by atoms with Crippen molar-refractivity contribution in [1.29, 1.82) is 0 Å². The van der Waals surface area contributed by atoms with Gasteiger partial charge in [-0.3, -0.25) is 9.67 Å². The van der Waals surface area contributed by atoms with Crippen molar-refractivity contribution in [3.05, 3.63) is 53.9 Å². The number of hydrogen-bond acceptors (Lipinski definition) is 2. The highest BCUT2D eigenvalue weighted by Gasteiger charge is 2.26. The topological polar surface area (TPSA) is 54.2 Å². The predicted molar refractivity (Wildman–Crippen MR) is 102 cm³/mol. The molecule has 5 nitrogen and oxygen atoms in total. The van der Waals surface area contributed by atoms with Gasteiger partial charge in [0.2, 0.25) is 0 Å². The normalized spacial score (nSPS) is 11.8. The molecule has 0 fully saturated rings. The van der Waals surface area contributed by atoms with Gasteiger partial charge in [0.15, 0.2) is 5.96 Å². The SMILES string of the molecule is CN=C(NCCC(F)(F)F)NCc1ccccc1Cn1cccn1.I. The lowest BCUT2D eigenvalue weighted by Crippen LogP contribution is -2.38. The Bertz CT molecular complexity index is 656. The van der Waals surface area contributed by atoms with Crippen LogP contribution >= 0.6 is 24.0 Å². The summed E-state index contributed by atoms with van der Waals surface area (Å²) in [4.78, 5) is 3.94. The number of hydrogen-bond donors (Lipinski definition) is 2. The van der Waals surface area contributed by atoms with E-state index in [4.69, 9.17) is 0 Å². The Kier molecular flexibility index (Phi) is 8.73. The van der Waals surface area contributed by atoms with E-state index in [1.54, 1.807) is 6.20 Å². The third-order valence-corrected chi connectivity index (χ3v) is 3.38.